The van der Waals surface area contributed by atoms with E-state index in [4.69, 9.17) is 9.47 Å². The van der Waals surface area contributed by atoms with Gasteiger partial charge in [0.25, 0.3) is 0 Å². The Bertz CT molecular complexity index is 445. The third kappa shape index (κ3) is 4.14. The van der Waals surface area contributed by atoms with Crippen molar-refractivity contribution in [2.45, 2.75) is 12.6 Å². The van der Waals surface area contributed by atoms with Gasteiger partial charge in [0.15, 0.2) is 0 Å². The Morgan fingerprint density at radius 1 is 1.52 bits per heavy atom. The normalized spacial score (nSPS) is 19.0. The number of anilines is 1. The van der Waals surface area contributed by atoms with Crippen LogP contribution >= 0.6 is 0 Å². The minimum Gasteiger partial charge on any atom is -0.394 e. The Balaban J connectivity index is 2.15. The molecule has 1 fully saturated rings. The van der Waals surface area contributed by atoms with Gasteiger partial charge in [-0.05, 0) is 12.1 Å². The molecule has 21 heavy (non-hydrogen) atoms. The van der Waals surface area contributed by atoms with Crippen molar-refractivity contribution in [1.82, 2.24) is 5.32 Å². The first-order chi connectivity index (χ1) is 10.3. The SMILES string of the molecule is COCCNCc1c(F)cccc1N1CCOCC1CO. The molecular formula is C15H23FN2O3. The quantitative estimate of drug-likeness (QED) is 0.728. The molecule has 0 aromatic heterocycles. The van der Waals surface area contributed by atoms with Gasteiger partial charge >= 0.3 is 0 Å². The summed E-state index contributed by atoms with van der Waals surface area (Å²) in [7, 11) is 1.63. The lowest BCUT2D eigenvalue weighted by molar-refractivity contribution is 0.0726. The standard InChI is InChI=1S/C15H23FN2O3/c1-20-7-5-17-9-13-14(16)3-2-4-15(13)18-6-8-21-11-12(18)10-19/h2-4,12,17,19H,5-11H2,1H3. The molecule has 1 aromatic rings. The second-order valence-electron chi connectivity index (χ2n) is 5.01. The number of halogens is 1. The summed E-state index contributed by atoms with van der Waals surface area (Å²) in [6.45, 7) is 3.37. The van der Waals surface area contributed by atoms with Crippen molar-refractivity contribution in [3.63, 3.8) is 0 Å². The van der Waals surface area contributed by atoms with E-state index in [1.54, 1.807) is 13.2 Å². The number of ether oxygens (including phenoxy) is 2. The van der Waals surface area contributed by atoms with Crippen molar-refractivity contribution in [3.8, 4) is 0 Å². The van der Waals surface area contributed by atoms with E-state index in [2.05, 4.69) is 5.32 Å². The average Bonchev–Trinajstić information content (AvgIpc) is 2.52. The number of rotatable bonds is 7. The number of aliphatic hydroxyl groups is 1. The largest absolute Gasteiger partial charge is 0.394 e. The van der Waals surface area contributed by atoms with Crippen molar-refractivity contribution in [1.29, 1.82) is 0 Å². The van der Waals surface area contributed by atoms with Crippen LogP contribution in [0.2, 0.25) is 0 Å². The Kier molecular flexibility index (Phi) is 6.38. The zero-order valence-corrected chi connectivity index (χ0v) is 12.3. The molecule has 5 nitrogen and oxygen atoms in total. The number of morpholine rings is 1. The topological polar surface area (TPSA) is 54.0 Å². The number of nitrogens with one attached hydrogen (secondary N) is 1. The van der Waals surface area contributed by atoms with Crippen molar-refractivity contribution in [2.24, 2.45) is 0 Å². The Labute approximate surface area is 124 Å². The van der Waals surface area contributed by atoms with Crippen LogP contribution in [0.5, 0.6) is 0 Å². The van der Waals surface area contributed by atoms with Gasteiger partial charge < -0.3 is 24.8 Å². The highest BCUT2D eigenvalue weighted by atomic mass is 19.1. The van der Waals surface area contributed by atoms with Gasteiger partial charge in [0, 0.05) is 38.0 Å². The summed E-state index contributed by atoms with van der Waals surface area (Å²) in [5.41, 5.74) is 1.44. The van der Waals surface area contributed by atoms with Crippen molar-refractivity contribution in [2.75, 3.05) is 51.5 Å². The fourth-order valence-electron chi connectivity index (χ4n) is 2.50. The van der Waals surface area contributed by atoms with E-state index < -0.39 is 0 Å². The molecule has 1 aliphatic rings. The van der Waals surface area contributed by atoms with Crippen LogP contribution in [-0.2, 0) is 16.0 Å². The van der Waals surface area contributed by atoms with Gasteiger partial charge in [0.05, 0.1) is 32.5 Å². The maximum absolute atomic E-state index is 14.2. The zero-order valence-electron chi connectivity index (χ0n) is 12.3. The van der Waals surface area contributed by atoms with Crippen LogP contribution in [0.15, 0.2) is 18.2 Å². The lowest BCUT2D eigenvalue weighted by atomic mass is 10.1. The molecule has 0 spiro atoms. The van der Waals surface area contributed by atoms with E-state index in [1.165, 1.54) is 6.07 Å². The van der Waals surface area contributed by atoms with Gasteiger partial charge in [-0.1, -0.05) is 6.07 Å². The predicted octanol–water partition coefficient (Wildman–Crippen LogP) is 0.759. The molecule has 118 valence electrons. The third-order valence-corrected chi connectivity index (χ3v) is 3.63. The van der Waals surface area contributed by atoms with Crippen molar-refractivity contribution < 1.29 is 19.0 Å². The Morgan fingerprint density at radius 3 is 3.14 bits per heavy atom. The summed E-state index contributed by atoms with van der Waals surface area (Å²) in [6.07, 6.45) is 0. The first-order valence-electron chi connectivity index (χ1n) is 7.20. The molecule has 2 rings (SSSR count). The summed E-state index contributed by atoms with van der Waals surface area (Å²) < 4.78 is 24.5. The minimum absolute atomic E-state index is 0.00689. The summed E-state index contributed by atoms with van der Waals surface area (Å²) in [5, 5.41) is 12.7. The second kappa shape index (κ2) is 8.29. The highest BCUT2D eigenvalue weighted by molar-refractivity contribution is 5.55. The monoisotopic (exact) mass is 298 g/mol. The molecule has 0 saturated carbocycles. The molecule has 0 radical (unpaired) electrons. The maximum Gasteiger partial charge on any atom is 0.129 e. The third-order valence-electron chi connectivity index (χ3n) is 3.63. The number of nitrogens with zero attached hydrogens (tertiary/aromatic N) is 1. The van der Waals surface area contributed by atoms with Crippen molar-refractivity contribution >= 4 is 5.69 Å². The second-order valence-corrected chi connectivity index (χ2v) is 5.01. The summed E-state index contributed by atoms with van der Waals surface area (Å²) in [4.78, 5) is 2.03. The predicted molar refractivity (Wildman–Crippen MR) is 79.0 cm³/mol. The molecule has 1 heterocycles. The van der Waals surface area contributed by atoms with Gasteiger partial charge in [-0.3, -0.25) is 0 Å². The summed E-state index contributed by atoms with van der Waals surface area (Å²) in [6, 6.07) is 4.93. The van der Waals surface area contributed by atoms with E-state index in [-0.39, 0.29) is 18.5 Å². The molecule has 0 aliphatic carbocycles. The van der Waals surface area contributed by atoms with Crippen molar-refractivity contribution in [3.05, 3.63) is 29.6 Å². The lowest BCUT2D eigenvalue weighted by Gasteiger charge is -2.37. The van der Waals surface area contributed by atoms with E-state index in [9.17, 15) is 9.50 Å². The lowest BCUT2D eigenvalue weighted by Crippen LogP contribution is -2.48. The highest BCUT2D eigenvalue weighted by Gasteiger charge is 2.25. The van der Waals surface area contributed by atoms with E-state index >= 15 is 0 Å². The molecule has 1 aromatic carbocycles. The molecule has 1 atom stereocenters. The van der Waals surface area contributed by atoms with E-state index in [0.29, 0.717) is 45.0 Å². The number of hydrogen-bond donors (Lipinski definition) is 2. The van der Waals surface area contributed by atoms with Gasteiger partial charge in [-0.2, -0.15) is 0 Å². The fraction of sp³-hybridized carbons (Fsp3) is 0.600. The molecule has 1 aliphatic heterocycles. The molecule has 6 heteroatoms. The molecular weight excluding hydrogens is 275 g/mol. The van der Waals surface area contributed by atoms with Crippen LogP contribution in [-0.4, -0.2) is 57.8 Å². The van der Waals surface area contributed by atoms with Gasteiger partial charge in [-0.15, -0.1) is 0 Å². The molecule has 2 N–H and O–H groups in total. The average molecular weight is 298 g/mol. The van der Waals surface area contributed by atoms with E-state index in [0.717, 1.165) is 5.69 Å². The molecule has 0 amide bonds. The van der Waals surface area contributed by atoms with Gasteiger partial charge in [0.2, 0.25) is 0 Å². The Hall–Kier alpha value is -1.21. The zero-order chi connectivity index (χ0) is 15.1. The summed E-state index contributed by atoms with van der Waals surface area (Å²) in [5.74, 6) is -0.236. The number of methoxy groups -OCH3 is 1. The summed E-state index contributed by atoms with van der Waals surface area (Å²) >= 11 is 0. The molecule has 0 bridgehead atoms. The minimum atomic E-state index is -0.236. The van der Waals surface area contributed by atoms with Crippen LogP contribution in [0.25, 0.3) is 0 Å². The van der Waals surface area contributed by atoms with Crippen LogP contribution < -0.4 is 10.2 Å². The van der Waals surface area contributed by atoms with Crippen LogP contribution in [0.3, 0.4) is 0 Å². The first-order valence-corrected chi connectivity index (χ1v) is 7.20. The smallest absolute Gasteiger partial charge is 0.129 e. The fourth-order valence-corrected chi connectivity index (χ4v) is 2.50. The maximum atomic E-state index is 14.2. The van der Waals surface area contributed by atoms with Gasteiger partial charge in [-0.25, -0.2) is 4.39 Å². The molecule has 1 saturated heterocycles. The highest BCUT2D eigenvalue weighted by Crippen LogP contribution is 2.26. The number of hydrogen-bond acceptors (Lipinski definition) is 5. The van der Waals surface area contributed by atoms with Crippen LogP contribution in [0, 0.1) is 5.82 Å². The van der Waals surface area contributed by atoms with E-state index in [1.807, 2.05) is 11.0 Å². The van der Waals surface area contributed by atoms with Crippen LogP contribution in [0.4, 0.5) is 10.1 Å². The number of aliphatic hydroxyl groups excluding tert-OH is 1. The Morgan fingerprint density at radius 2 is 2.38 bits per heavy atom. The molecule has 1 unspecified atom stereocenters. The van der Waals surface area contributed by atoms with Crippen LogP contribution in [0.1, 0.15) is 5.56 Å². The first kappa shape index (κ1) is 16.2. The number of benzene rings is 1. The van der Waals surface area contributed by atoms with Gasteiger partial charge in [0.1, 0.15) is 5.82 Å².